The van der Waals surface area contributed by atoms with Gasteiger partial charge in [-0.1, -0.05) is 40.8 Å². The summed E-state index contributed by atoms with van der Waals surface area (Å²) in [6.45, 7) is 1.09. The van der Waals surface area contributed by atoms with E-state index in [1.54, 1.807) is 0 Å². The standard InChI is InChI=1S/C14H17I2N3/c1-18(2)10-8-13(15)19(16)12-7-3-5-11-6-4-9-17-14(11)12/h3-7,9,13H,8,10H2,1-2H3. The predicted molar refractivity (Wildman–Crippen MR) is 99.2 cm³/mol. The Morgan fingerprint density at radius 3 is 2.68 bits per heavy atom. The van der Waals surface area contributed by atoms with E-state index in [1.165, 1.54) is 11.1 Å². The van der Waals surface area contributed by atoms with Crippen LogP contribution in [0.3, 0.4) is 0 Å². The minimum atomic E-state index is 0.452. The highest BCUT2D eigenvalue weighted by atomic mass is 127. The molecule has 0 bridgehead atoms. The lowest BCUT2D eigenvalue weighted by molar-refractivity contribution is 0.402. The van der Waals surface area contributed by atoms with Crippen molar-refractivity contribution in [1.82, 2.24) is 9.88 Å². The van der Waals surface area contributed by atoms with Gasteiger partial charge in [0.05, 0.1) is 38.1 Å². The summed E-state index contributed by atoms with van der Waals surface area (Å²) >= 11 is 4.90. The molecule has 0 aliphatic heterocycles. The number of para-hydroxylation sites is 1. The van der Waals surface area contributed by atoms with E-state index in [9.17, 15) is 0 Å². The fourth-order valence-electron chi connectivity index (χ4n) is 1.89. The van der Waals surface area contributed by atoms with Gasteiger partial charge in [0, 0.05) is 18.1 Å². The van der Waals surface area contributed by atoms with Gasteiger partial charge in [-0.25, -0.2) is 0 Å². The lowest BCUT2D eigenvalue weighted by Gasteiger charge is -2.25. The Bertz CT molecular complexity index is 540. The molecule has 2 rings (SSSR count). The third-order valence-corrected chi connectivity index (χ3v) is 6.34. The van der Waals surface area contributed by atoms with E-state index < -0.39 is 0 Å². The van der Waals surface area contributed by atoms with Crippen molar-refractivity contribution in [3.8, 4) is 0 Å². The van der Waals surface area contributed by atoms with Gasteiger partial charge in [-0.05, 0) is 32.6 Å². The van der Waals surface area contributed by atoms with E-state index in [2.05, 4.69) is 96.8 Å². The number of benzene rings is 1. The smallest absolute Gasteiger partial charge is 0.0942 e. The normalized spacial score (nSPS) is 12.9. The molecule has 0 spiro atoms. The van der Waals surface area contributed by atoms with Crippen LogP contribution in [0.1, 0.15) is 6.42 Å². The van der Waals surface area contributed by atoms with Crippen LogP contribution < -0.4 is 3.11 Å². The molecule has 0 fully saturated rings. The van der Waals surface area contributed by atoms with Crippen molar-refractivity contribution in [2.75, 3.05) is 23.8 Å². The second-order valence-electron chi connectivity index (χ2n) is 4.69. The van der Waals surface area contributed by atoms with Crippen molar-refractivity contribution in [2.24, 2.45) is 0 Å². The van der Waals surface area contributed by atoms with Crippen LogP contribution in [0, 0.1) is 0 Å². The van der Waals surface area contributed by atoms with Crippen LogP contribution in [0.5, 0.6) is 0 Å². The highest BCUT2D eigenvalue weighted by Crippen LogP contribution is 2.31. The summed E-state index contributed by atoms with van der Waals surface area (Å²) in [5, 5.41) is 1.19. The van der Waals surface area contributed by atoms with E-state index >= 15 is 0 Å². The minimum absolute atomic E-state index is 0.452. The third-order valence-electron chi connectivity index (χ3n) is 2.90. The number of rotatable bonds is 5. The molecule has 2 aromatic rings. The highest BCUT2D eigenvalue weighted by Gasteiger charge is 2.16. The largest absolute Gasteiger partial charge is 0.309 e. The molecule has 0 saturated carbocycles. The summed E-state index contributed by atoms with van der Waals surface area (Å²) in [7, 11) is 4.22. The maximum atomic E-state index is 4.52. The van der Waals surface area contributed by atoms with Crippen LogP contribution in [0.4, 0.5) is 5.69 Å². The molecule has 0 amide bonds. The molecule has 0 radical (unpaired) electrons. The van der Waals surface area contributed by atoms with Crippen LogP contribution in [-0.2, 0) is 0 Å². The summed E-state index contributed by atoms with van der Waals surface area (Å²) in [5.41, 5.74) is 2.27. The quantitative estimate of drug-likeness (QED) is 0.278. The van der Waals surface area contributed by atoms with Gasteiger partial charge in [0.25, 0.3) is 0 Å². The van der Waals surface area contributed by atoms with Gasteiger partial charge in [-0.3, -0.25) is 8.10 Å². The van der Waals surface area contributed by atoms with Gasteiger partial charge in [-0.15, -0.1) is 0 Å². The zero-order chi connectivity index (χ0) is 13.8. The Morgan fingerprint density at radius 2 is 1.95 bits per heavy atom. The van der Waals surface area contributed by atoms with Gasteiger partial charge in [-0.2, -0.15) is 0 Å². The lowest BCUT2D eigenvalue weighted by Crippen LogP contribution is -2.25. The topological polar surface area (TPSA) is 19.4 Å². The Morgan fingerprint density at radius 1 is 1.21 bits per heavy atom. The molecule has 1 atom stereocenters. The van der Waals surface area contributed by atoms with E-state index in [-0.39, 0.29) is 0 Å². The molecule has 0 saturated heterocycles. The van der Waals surface area contributed by atoms with Crippen molar-refractivity contribution >= 4 is 62.0 Å². The van der Waals surface area contributed by atoms with Gasteiger partial charge in [0.15, 0.2) is 0 Å². The Kier molecular flexibility index (Phi) is 5.64. The van der Waals surface area contributed by atoms with Crippen LogP contribution in [0.25, 0.3) is 10.9 Å². The molecule has 0 aliphatic rings. The Hall–Kier alpha value is -0.150. The number of alkyl halides is 1. The second-order valence-corrected chi connectivity index (χ2v) is 7.17. The molecule has 102 valence electrons. The first-order valence-electron chi connectivity index (χ1n) is 6.17. The van der Waals surface area contributed by atoms with E-state index in [0.717, 1.165) is 18.5 Å². The average Bonchev–Trinajstić information content (AvgIpc) is 2.43. The maximum Gasteiger partial charge on any atom is 0.0942 e. The molecule has 1 aromatic heterocycles. The van der Waals surface area contributed by atoms with Crippen LogP contribution in [0.2, 0.25) is 0 Å². The molecule has 0 N–H and O–H groups in total. The van der Waals surface area contributed by atoms with Crippen molar-refractivity contribution in [2.45, 2.75) is 10.5 Å². The minimum Gasteiger partial charge on any atom is -0.309 e. The summed E-state index contributed by atoms with van der Waals surface area (Å²) in [5.74, 6) is 0. The summed E-state index contributed by atoms with van der Waals surface area (Å²) < 4.78 is 2.74. The number of halogens is 2. The van der Waals surface area contributed by atoms with Crippen LogP contribution in [-0.4, -0.2) is 34.6 Å². The lowest BCUT2D eigenvalue weighted by atomic mass is 10.2. The van der Waals surface area contributed by atoms with E-state index in [0.29, 0.717) is 4.05 Å². The third kappa shape index (κ3) is 3.91. The van der Waals surface area contributed by atoms with Crippen molar-refractivity contribution < 1.29 is 0 Å². The zero-order valence-electron chi connectivity index (χ0n) is 11.1. The van der Waals surface area contributed by atoms with E-state index in [4.69, 9.17) is 0 Å². The zero-order valence-corrected chi connectivity index (χ0v) is 15.4. The molecule has 1 unspecified atom stereocenters. The Balaban J connectivity index is 2.23. The maximum absolute atomic E-state index is 4.52. The molecule has 3 nitrogen and oxygen atoms in total. The van der Waals surface area contributed by atoms with Crippen molar-refractivity contribution in [3.63, 3.8) is 0 Å². The molecule has 1 heterocycles. The first-order valence-corrected chi connectivity index (χ1v) is 8.38. The van der Waals surface area contributed by atoms with Crippen LogP contribution in [0.15, 0.2) is 36.5 Å². The summed E-state index contributed by atoms with van der Waals surface area (Å²) in [6, 6.07) is 10.4. The first-order chi connectivity index (χ1) is 9.09. The molecular weight excluding hydrogens is 464 g/mol. The number of nitrogens with zero attached hydrogens (tertiary/aromatic N) is 3. The second kappa shape index (κ2) is 7.03. The highest BCUT2D eigenvalue weighted by molar-refractivity contribution is 14.1. The molecule has 0 aliphatic carbocycles. The number of anilines is 1. The van der Waals surface area contributed by atoms with Gasteiger partial charge < -0.3 is 4.90 Å². The van der Waals surface area contributed by atoms with Crippen molar-refractivity contribution in [3.05, 3.63) is 36.5 Å². The molecule has 19 heavy (non-hydrogen) atoms. The number of hydrogen-bond donors (Lipinski definition) is 0. The number of hydrogen-bond acceptors (Lipinski definition) is 3. The molecule has 1 aromatic carbocycles. The number of pyridine rings is 1. The van der Waals surface area contributed by atoms with E-state index in [1.807, 2.05) is 12.3 Å². The summed E-state index contributed by atoms with van der Waals surface area (Å²) in [6.07, 6.45) is 2.98. The van der Waals surface area contributed by atoms with Gasteiger partial charge in [0.1, 0.15) is 0 Å². The first kappa shape index (κ1) is 15.2. The van der Waals surface area contributed by atoms with Crippen molar-refractivity contribution in [1.29, 1.82) is 0 Å². The fourth-order valence-corrected chi connectivity index (χ4v) is 3.14. The predicted octanol–water partition coefficient (Wildman–Crippen LogP) is 4.10. The fraction of sp³-hybridized carbons (Fsp3) is 0.357. The van der Waals surface area contributed by atoms with Gasteiger partial charge >= 0.3 is 0 Å². The average molecular weight is 481 g/mol. The summed E-state index contributed by atoms with van der Waals surface area (Å²) in [4.78, 5) is 6.74. The number of aromatic nitrogens is 1. The Labute approximate surface area is 142 Å². The monoisotopic (exact) mass is 481 g/mol. The van der Waals surface area contributed by atoms with Crippen LogP contribution >= 0.6 is 45.5 Å². The molecular formula is C14H17I2N3. The number of fused-ring (bicyclic) bond motifs is 1. The molecule has 5 heteroatoms. The van der Waals surface area contributed by atoms with Gasteiger partial charge in [0.2, 0.25) is 0 Å². The SMILES string of the molecule is CN(C)CCC(I)N(I)c1cccc2cccnc12.